The second-order valence-electron chi connectivity index (χ2n) is 8.87. The van der Waals surface area contributed by atoms with Crippen LogP contribution in [0.2, 0.25) is 0 Å². The molecule has 2 N–H and O–H groups in total. The number of hydrogen-bond donors (Lipinski definition) is 2. The monoisotopic (exact) mass is 410 g/mol. The Morgan fingerprint density at radius 1 is 1.07 bits per heavy atom. The maximum atomic E-state index is 12.4. The van der Waals surface area contributed by atoms with E-state index in [0.717, 1.165) is 62.5 Å². The summed E-state index contributed by atoms with van der Waals surface area (Å²) in [6.07, 6.45) is 9.46. The Kier molecular flexibility index (Phi) is 5.41. The van der Waals surface area contributed by atoms with Gasteiger partial charge in [-0.1, -0.05) is 0 Å². The van der Waals surface area contributed by atoms with E-state index >= 15 is 0 Å². The highest BCUT2D eigenvalue weighted by Crippen LogP contribution is 2.39. The Labute approximate surface area is 176 Å². The van der Waals surface area contributed by atoms with Crippen LogP contribution in [-0.2, 0) is 0 Å². The first-order chi connectivity index (χ1) is 14.7. The topological polar surface area (TPSA) is 96.2 Å². The van der Waals surface area contributed by atoms with E-state index in [4.69, 9.17) is 5.10 Å². The summed E-state index contributed by atoms with van der Waals surface area (Å²) in [5.41, 5.74) is 1.00. The second kappa shape index (κ2) is 8.34. The molecular formula is C22H30N6O2. The van der Waals surface area contributed by atoms with E-state index in [1.54, 1.807) is 12.4 Å². The zero-order valence-corrected chi connectivity index (χ0v) is 17.3. The van der Waals surface area contributed by atoms with Crippen molar-refractivity contribution in [1.29, 1.82) is 0 Å². The molecule has 160 valence electrons. The van der Waals surface area contributed by atoms with Gasteiger partial charge in [0, 0.05) is 42.9 Å². The van der Waals surface area contributed by atoms with Gasteiger partial charge in [-0.3, -0.25) is 4.79 Å². The predicted molar refractivity (Wildman–Crippen MR) is 115 cm³/mol. The van der Waals surface area contributed by atoms with Crippen LogP contribution in [0.4, 0.5) is 11.6 Å². The molecule has 2 aromatic heterocycles. The van der Waals surface area contributed by atoms with Crippen LogP contribution in [0.3, 0.4) is 0 Å². The molecule has 8 nitrogen and oxygen atoms in total. The molecule has 3 atom stereocenters. The average molecular weight is 411 g/mol. The second-order valence-corrected chi connectivity index (χ2v) is 8.87. The van der Waals surface area contributed by atoms with E-state index in [1.165, 1.54) is 23.9 Å². The Bertz CT molecular complexity index is 943. The Morgan fingerprint density at radius 3 is 2.77 bits per heavy atom. The molecular weight excluding hydrogens is 380 g/mol. The maximum absolute atomic E-state index is 12.4. The van der Waals surface area contributed by atoms with Crippen molar-refractivity contribution in [2.45, 2.75) is 75.5 Å². The fourth-order valence-electron chi connectivity index (χ4n) is 4.82. The molecule has 1 saturated heterocycles. The van der Waals surface area contributed by atoms with Crippen LogP contribution < -0.4 is 15.8 Å². The van der Waals surface area contributed by atoms with Gasteiger partial charge in [-0.25, -0.2) is 14.6 Å². The first-order valence-electron chi connectivity index (χ1n) is 11.3. The molecule has 3 heterocycles. The Balaban J connectivity index is 1.32. The molecule has 0 bridgehead atoms. The van der Waals surface area contributed by atoms with E-state index in [0.29, 0.717) is 5.92 Å². The van der Waals surface area contributed by atoms with Crippen molar-refractivity contribution >= 4 is 11.6 Å². The molecule has 1 aliphatic heterocycles. The number of aliphatic hydroxyl groups is 1. The highest BCUT2D eigenvalue weighted by molar-refractivity contribution is 5.42. The molecule has 3 unspecified atom stereocenters. The largest absolute Gasteiger partial charge is 0.391 e. The molecule has 2 aliphatic carbocycles. The minimum Gasteiger partial charge on any atom is -0.391 e. The standard InChI is InChI=1S/C22H30N6O2/c29-19-6-3-5-18(19)28-22(30)10-9-21(26-28)27-11-2-1-4-16(27)13-23-20-12-17(15-7-8-15)24-14-25-20/h9-10,12,14-16,18-19,29H,1-8,11,13H2,(H,23,24,25). The molecule has 0 amide bonds. The summed E-state index contributed by atoms with van der Waals surface area (Å²) < 4.78 is 1.51. The molecule has 3 fully saturated rings. The predicted octanol–water partition coefficient (Wildman–Crippen LogP) is 2.47. The number of anilines is 2. The molecule has 8 heteroatoms. The van der Waals surface area contributed by atoms with Gasteiger partial charge in [0.15, 0.2) is 0 Å². The van der Waals surface area contributed by atoms with Crippen molar-refractivity contribution in [1.82, 2.24) is 19.7 Å². The van der Waals surface area contributed by atoms with Gasteiger partial charge in [0.05, 0.1) is 12.1 Å². The van der Waals surface area contributed by atoms with Crippen molar-refractivity contribution in [2.24, 2.45) is 0 Å². The van der Waals surface area contributed by atoms with Crippen LogP contribution >= 0.6 is 0 Å². The first kappa shape index (κ1) is 19.5. The number of nitrogens with one attached hydrogen (secondary N) is 1. The van der Waals surface area contributed by atoms with Crippen molar-refractivity contribution in [2.75, 3.05) is 23.3 Å². The van der Waals surface area contributed by atoms with Gasteiger partial charge < -0.3 is 15.3 Å². The van der Waals surface area contributed by atoms with Crippen LogP contribution in [0.5, 0.6) is 0 Å². The summed E-state index contributed by atoms with van der Waals surface area (Å²) in [6, 6.07) is 5.57. The molecule has 0 aromatic carbocycles. The SMILES string of the molecule is O=c1ccc(N2CCCCC2CNc2cc(C3CC3)ncn2)nn1C1CCCC1O. The normalized spacial score (nSPS) is 26.7. The molecule has 0 spiro atoms. The van der Waals surface area contributed by atoms with Crippen molar-refractivity contribution in [3.63, 3.8) is 0 Å². The van der Waals surface area contributed by atoms with E-state index in [2.05, 4.69) is 26.3 Å². The molecule has 5 rings (SSSR count). The number of aromatic nitrogens is 4. The molecule has 2 aromatic rings. The van der Waals surface area contributed by atoms with Crippen molar-refractivity contribution in [3.05, 3.63) is 40.6 Å². The van der Waals surface area contributed by atoms with Gasteiger partial charge in [0.1, 0.15) is 18.0 Å². The zero-order chi connectivity index (χ0) is 20.5. The van der Waals surface area contributed by atoms with Crippen LogP contribution in [0.15, 0.2) is 29.3 Å². The lowest BCUT2D eigenvalue weighted by Gasteiger charge is -2.37. The lowest BCUT2D eigenvalue weighted by Crippen LogP contribution is -2.45. The number of hydrogen-bond acceptors (Lipinski definition) is 7. The minimum atomic E-state index is -0.484. The van der Waals surface area contributed by atoms with Crippen molar-refractivity contribution in [3.8, 4) is 0 Å². The van der Waals surface area contributed by atoms with E-state index in [9.17, 15) is 9.90 Å². The fourth-order valence-corrected chi connectivity index (χ4v) is 4.82. The van der Waals surface area contributed by atoms with Gasteiger partial charge >= 0.3 is 0 Å². The Morgan fingerprint density at radius 2 is 1.97 bits per heavy atom. The van der Waals surface area contributed by atoms with Crippen LogP contribution in [0.1, 0.15) is 69.0 Å². The molecule has 0 radical (unpaired) electrons. The van der Waals surface area contributed by atoms with E-state index < -0.39 is 6.10 Å². The lowest BCUT2D eigenvalue weighted by atomic mass is 10.0. The molecule has 30 heavy (non-hydrogen) atoms. The van der Waals surface area contributed by atoms with Crippen LogP contribution in [-0.4, -0.2) is 50.1 Å². The quantitative estimate of drug-likeness (QED) is 0.755. The van der Waals surface area contributed by atoms with Gasteiger partial charge in [-0.2, -0.15) is 5.10 Å². The summed E-state index contributed by atoms with van der Waals surface area (Å²) in [5, 5.41) is 18.5. The number of rotatable bonds is 6. The van der Waals surface area contributed by atoms with Gasteiger partial charge in [-0.05, 0) is 57.4 Å². The number of aliphatic hydroxyl groups excluding tert-OH is 1. The summed E-state index contributed by atoms with van der Waals surface area (Å²) in [7, 11) is 0. The van der Waals surface area contributed by atoms with Crippen LogP contribution in [0.25, 0.3) is 0 Å². The molecule has 3 aliphatic rings. The summed E-state index contributed by atoms with van der Waals surface area (Å²) in [6.45, 7) is 1.69. The lowest BCUT2D eigenvalue weighted by molar-refractivity contribution is 0.127. The van der Waals surface area contributed by atoms with E-state index in [-0.39, 0.29) is 17.6 Å². The van der Waals surface area contributed by atoms with Crippen LogP contribution in [0, 0.1) is 0 Å². The summed E-state index contributed by atoms with van der Waals surface area (Å²) in [5.74, 6) is 2.31. The average Bonchev–Trinajstić information content (AvgIpc) is 3.54. The number of piperidine rings is 1. The van der Waals surface area contributed by atoms with Crippen molar-refractivity contribution < 1.29 is 5.11 Å². The molecule has 2 saturated carbocycles. The van der Waals surface area contributed by atoms with Gasteiger partial charge in [-0.15, -0.1) is 0 Å². The Hall–Kier alpha value is -2.48. The third-order valence-electron chi connectivity index (χ3n) is 6.69. The first-order valence-corrected chi connectivity index (χ1v) is 11.3. The fraction of sp³-hybridized carbons (Fsp3) is 0.636. The van der Waals surface area contributed by atoms with Gasteiger partial charge in [0.25, 0.3) is 5.56 Å². The number of nitrogens with zero attached hydrogens (tertiary/aromatic N) is 5. The summed E-state index contributed by atoms with van der Waals surface area (Å²) in [4.78, 5) is 23.5. The third kappa shape index (κ3) is 4.05. The van der Waals surface area contributed by atoms with E-state index in [1.807, 2.05) is 6.07 Å². The minimum absolute atomic E-state index is 0.134. The zero-order valence-electron chi connectivity index (χ0n) is 17.3. The highest BCUT2D eigenvalue weighted by Gasteiger charge is 2.30. The third-order valence-corrected chi connectivity index (χ3v) is 6.69. The van der Waals surface area contributed by atoms with Gasteiger partial charge in [0.2, 0.25) is 0 Å². The smallest absolute Gasteiger partial charge is 0.267 e. The maximum Gasteiger partial charge on any atom is 0.267 e. The highest BCUT2D eigenvalue weighted by atomic mass is 16.3. The summed E-state index contributed by atoms with van der Waals surface area (Å²) >= 11 is 0.